The van der Waals surface area contributed by atoms with Gasteiger partial charge in [0, 0.05) is 32.8 Å². The average molecular weight is 431 g/mol. The van der Waals surface area contributed by atoms with Crippen LogP contribution in [0.15, 0.2) is 79.0 Å². The summed E-state index contributed by atoms with van der Waals surface area (Å²) in [4.78, 5) is 15.3. The van der Waals surface area contributed by atoms with Gasteiger partial charge >= 0.3 is 0 Å². The number of rotatable bonds is 8. The number of likely N-dealkylation sites (tertiary alicyclic amines) is 1. The average Bonchev–Trinajstić information content (AvgIpc) is 3.29. The van der Waals surface area contributed by atoms with Gasteiger partial charge in [0.05, 0.1) is 12.2 Å². The quantitative estimate of drug-likeness (QED) is 0.569. The number of amides is 1. The molecular formula is C26H30N4O2. The van der Waals surface area contributed by atoms with Crippen LogP contribution >= 0.6 is 0 Å². The third-order valence-corrected chi connectivity index (χ3v) is 5.87. The third kappa shape index (κ3) is 5.52. The van der Waals surface area contributed by atoms with Crippen LogP contribution in [0.4, 0.5) is 5.82 Å². The normalized spacial score (nSPS) is 16.3. The minimum absolute atomic E-state index is 0.191. The summed E-state index contributed by atoms with van der Waals surface area (Å²) in [5.74, 6) is 0.527. The molecule has 0 saturated carbocycles. The number of benzene rings is 2. The zero-order valence-corrected chi connectivity index (χ0v) is 18.4. The Morgan fingerprint density at radius 1 is 1.09 bits per heavy atom. The van der Waals surface area contributed by atoms with Gasteiger partial charge in [-0.05, 0) is 24.0 Å². The summed E-state index contributed by atoms with van der Waals surface area (Å²) < 4.78 is 7.41. The van der Waals surface area contributed by atoms with Crippen LogP contribution in [0.2, 0.25) is 0 Å². The number of aromatic nitrogens is 2. The fourth-order valence-electron chi connectivity index (χ4n) is 4.17. The van der Waals surface area contributed by atoms with Gasteiger partial charge in [0.1, 0.15) is 5.82 Å². The Labute approximate surface area is 189 Å². The Balaban J connectivity index is 1.32. The van der Waals surface area contributed by atoms with Crippen molar-refractivity contribution in [3.63, 3.8) is 0 Å². The molecule has 1 fully saturated rings. The Morgan fingerprint density at radius 3 is 2.47 bits per heavy atom. The van der Waals surface area contributed by atoms with Gasteiger partial charge < -0.3 is 10.1 Å². The number of methoxy groups -OCH3 is 1. The molecule has 4 rings (SSSR count). The smallest absolute Gasteiger partial charge is 0.259 e. The number of nitrogens with zero attached hydrogens (tertiary/aromatic N) is 3. The predicted molar refractivity (Wildman–Crippen MR) is 127 cm³/mol. The molecule has 3 aromatic rings. The van der Waals surface area contributed by atoms with Crippen LogP contribution in [-0.4, -0.2) is 47.3 Å². The van der Waals surface area contributed by atoms with E-state index in [9.17, 15) is 4.79 Å². The second-order valence-electron chi connectivity index (χ2n) is 8.02. The Bertz CT molecular complexity index is 1010. The molecule has 1 amide bonds. The highest BCUT2D eigenvalue weighted by molar-refractivity contribution is 5.94. The SMILES string of the molecule is CO[C@@H](C(=O)Nc1ccnn1C1CCN(C/C=C/c2ccccc2)CC1)c1ccccc1. The molecule has 0 unspecified atom stereocenters. The number of hydrogen-bond acceptors (Lipinski definition) is 4. The first kappa shape index (κ1) is 22.0. The standard InChI is InChI=1S/C26H30N4O2/c1-32-25(22-12-6-3-7-13-22)26(31)28-24-14-17-27-30(24)23-15-19-29(20-16-23)18-8-11-21-9-4-2-5-10-21/h2-14,17,23,25H,15-16,18-20H2,1H3,(H,28,31)/b11-8+/t25-/m1/s1. The van der Waals surface area contributed by atoms with Crippen molar-refractivity contribution in [2.45, 2.75) is 25.0 Å². The third-order valence-electron chi connectivity index (χ3n) is 5.87. The van der Waals surface area contributed by atoms with E-state index in [0.717, 1.165) is 43.9 Å². The Hall–Kier alpha value is -3.22. The number of carbonyl (C=O) groups is 1. The Morgan fingerprint density at radius 2 is 1.78 bits per heavy atom. The highest BCUT2D eigenvalue weighted by atomic mass is 16.5. The van der Waals surface area contributed by atoms with Crippen LogP contribution in [0.1, 0.15) is 36.1 Å². The van der Waals surface area contributed by atoms with Crippen molar-refractivity contribution in [1.82, 2.24) is 14.7 Å². The van der Waals surface area contributed by atoms with E-state index in [-0.39, 0.29) is 11.9 Å². The van der Waals surface area contributed by atoms with Crippen molar-refractivity contribution in [3.8, 4) is 0 Å². The van der Waals surface area contributed by atoms with Crippen molar-refractivity contribution in [2.24, 2.45) is 0 Å². The van der Waals surface area contributed by atoms with Crippen molar-refractivity contribution in [1.29, 1.82) is 0 Å². The summed E-state index contributed by atoms with van der Waals surface area (Å²) in [7, 11) is 1.55. The zero-order chi connectivity index (χ0) is 22.2. The number of piperidine rings is 1. The Kier molecular flexibility index (Phi) is 7.48. The maximum absolute atomic E-state index is 12.9. The van der Waals surface area contributed by atoms with Gasteiger partial charge in [0.25, 0.3) is 5.91 Å². The van der Waals surface area contributed by atoms with Gasteiger partial charge in [-0.1, -0.05) is 72.8 Å². The largest absolute Gasteiger partial charge is 0.367 e. The van der Waals surface area contributed by atoms with Gasteiger partial charge in [-0.3, -0.25) is 9.69 Å². The van der Waals surface area contributed by atoms with Crippen LogP contribution in [0, 0.1) is 0 Å². The molecule has 6 heteroatoms. The molecule has 0 aliphatic carbocycles. The lowest BCUT2D eigenvalue weighted by Gasteiger charge is -2.32. The molecule has 1 aliphatic rings. The highest BCUT2D eigenvalue weighted by Crippen LogP contribution is 2.26. The highest BCUT2D eigenvalue weighted by Gasteiger charge is 2.25. The molecule has 6 nitrogen and oxygen atoms in total. The van der Waals surface area contributed by atoms with E-state index in [1.54, 1.807) is 13.3 Å². The molecule has 1 N–H and O–H groups in total. The number of nitrogens with one attached hydrogen (secondary N) is 1. The van der Waals surface area contributed by atoms with E-state index in [2.05, 4.69) is 51.7 Å². The fourth-order valence-corrected chi connectivity index (χ4v) is 4.17. The van der Waals surface area contributed by atoms with Crippen LogP contribution in [-0.2, 0) is 9.53 Å². The number of anilines is 1. The zero-order valence-electron chi connectivity index (χ0n) is 18.4. The van der Waals surface area contributed by atoms with Crippen molar-refractivity contribution in [3.05, 3.63) is 90.1 Å². The summed E-state index contributed by atoms with van der Waals surface area (Å²) >= 11 is 0. The fraction of sp³-hybridized carbons (Fsp3) is 0.308. The van der Waals surface area contributed by atoms with Gasteiger partial charge in [-0.15, -0.1) is 0 Å². The molecule has 0 spiro atoms. The van der Waals surface area contributed by atoms with Crippen LogP contribution in [0.5, 0.6) is 0 Å². The second kappa shape index (κ2) is 10.9. The monoisotopic (exact) mass is 430 g/mol. The minimum Gasteiger partial charge on any atom is -0.367 e. The summed E-state index contributed by atoms with van der Waals surface area (Å²) in [6.07, 6.45) is 7.48. The molecule has 1 aromatic heterocycles. The molecule has 0 bridgehead atoms. The topological polar surface area (TPSA) is 59.4 Å². The molecule has 2 heterocycles. The van der Waals surface area contributed by atoms with E-state index < -0.39 is 6.10 Å². The molecule has 0 radical (unpaired) electrons. The first-order chi connectivity index (χ1) is 15.7. The van der Waals surface area contributed by atoms with Crippen LogP contribution in [0.3, 0.4) is 0 Å². The number of carbonyl (C=O) groups excluding carboxylic acids is 1. The van der Waals surface area contributed by atoms with Crippen molar-refractivity contribution < 1.29 is 9.53 Å². The molecular weight excluding hydrogens is 400 g/mol. The van der Waals surface area contributed by atoms with E-state index in [1.807, 2.05) is 47.1 Å². The summed E-state index contributed by atoms with van der Waals surface area (Å²) in [6, 6.07) is 22.0. The number of hydrogen-bond donors (Lipinski definition) is 1. The lowest BCUT2D eigenvalue weighted by molar-refractivity contribution is -0.126. The van der Waals surface area contributed by atoms with Crippen LogP contribution in [0.25, 0.3) is 6.08 Å². The lowest BCUT2D eigenvalue weighted by atomic mass is 10.1. The minimum atomic E-state index is -0.655. The summed E-state index contributed by atoms with van der Waals surface area (Å²) in [5, 5.41) is 7.52. The van der Waals surface area contributed by atoms with Crippen LogP contribution < -0.4 is 5.32 Å². The molecule has 166 valence electrons. The summed E-state index contributed by atoms with van der Waals surface area (Å²) in [5.41, 5.74) is 2.06. The number of ether oxygens (including phenoxy) is 1. The maximum atomic E-state index is 12.9. The van der Waals surface area contributed by atoms with Crippen molar-refractivity contribution in [2.75, 3.05) is 32.1 Å². The van der Waals surface area contributed by atoms with Crippen molar-refractivity contribution >= 4 is 17.8 Å². The van der Waals surface area contributed by atoms with E-state index in [4.69, 9.17) is 4.74 Å². The molecule has 1 aliphatic heterocycles. The molecule has 1 saturated heterocycles. The second-order valence-corrected chi connectivity index (χ2v) is 8.02. The first-order valence-electron chi connectivity index (χ1n) is 11.1. The van der Waals surface area contributed by atoms with E-state index in [0.29, 0.717) is 0 Å². The maximum Gasteiger partial charge on any atom is 0.259 e. The first-order valence-corrected chi connectivity index (χ1v) is 11.1. The molecule has 32 heavy (non-hydrogen) atoms. The van der Waals surface area contributed by atoms with E-state index >= 15 is 0 Å². The predicted octanol–water partition coefficient (Wildman–Crippen LogP) is 4.56. The summed E-state index contributed by atoms with van der Waals surface area (Å²) in [6.45, 7) is 2.94. The van der Waals surface area contributed by atoms with Gasteiger partial charge in [-0.25, -0.2) is 4.68 Å². The van der Waals surface area contributed by atoms with E-state index in [1.165, 1.54) is 5.56 Å². The van der Waals surface area contributed by atoms with Gasteiger partial charge in [-0.2, -0.15) is 5.10 Å². The molecule has 1 atom stereocenters. The van der Waals surface area contributed by atoms with Gasteiger partial charge in [0.15, 0.2) is 6.10 Å². The van der Waals surface area contributed by atoms with Gasteiger partial charge in [0.2, 0.25) is 0 Å². The molecule has 2 aromatic carbocycles. The lowest BCUT2D eigenvalue weighted by Crippen LogP contribution is -2.35.